The minimum absolute atomic E-state index is 0.0130. The second-order valence-corrected chi connectivity index (χ2v) is 12.9. The third-order valence-electron chi connectivity index (χ3n) is 10.1. The summed E-state index contributed by atoms with van der Waals surface area (Å²) in [7, 11) is 0. The summed E-state index contributed by atoms with van der Waals surface area (Å²) >= 11 is 0. The molecule has 6 rings (SSSR count). The highest BCUT2D eigenvalue weighted by Gasteiger charge is 2.77. The number of rotatable bonds is 2. The number of ketones is 1. The van der Waals surface area contributed by atoms with Gasteiger partial charge in [-0.3, -0.25) is 4.79 Å². The van der Waals surface area contributed by atoms with Crippen LogP contribution in [0.1, 0.15) is 58.3 Å². The zero-order valence-electron chi connectivity index (χ0n) is 22.4. The van der Waals surface area contributed by atoms with Crippen LogP contribution in [0.2, 0.25) is 0 Å². The molecule has 1 aromatic rings. The van der Waals surface area contributed by atoms with Crippen molar-refractivity contribution in [3.63, 3.8) is 0 Å². The number of benzene rings is 1. The van der Waals surface area contributed by atoms with Crippen molar-refractivity contribution in [1.29, 1.82) is 0 Å². The molecule has 1 aromatic carbocycles. The van der Waals surface area contributed by atoms with E-state index in [0.29, 0.717) is 17.2 Å². The topological polar surface area (TPSA) is 108 Å². The minimum Gasteiger partial charge on any atom is -0.451 e. The second kappa shape index (κ2) is 7.55. The highest BCUT2D eigenvalue weighted by molar-refractivity contribution is 5.97. The molecule has 7 nitrogen and oxygen atoms in total. The van der Waals surface area contributed by atoms with Crippen LogP contribution in [-0.4, -0.2) is 47.1 Å². The average Bonchev–Trinajstić information content (AvgIpc) is 3.31. The molecule has 1 spiro atoms. The summed E-state index contributed by atoms with van der Waals surface area (Å²) in [5.41, 5.74) is 4.90. The maximum Gasteiger partial charge on any atom is 0.340 e. The van der Waals surface area contributed by atoms with Crippen molar-refractivity contribution in [1.82, 2.24) is 0 Å². The molecular formula is C30H37NO6. The monoisotopic (exact) mass is 507 g/mol. The van der Waals surface area contributed by atoms with Gasteiger partial charge in [-0.2, -0.15) is 0 Å². The maximum absolute atomic E-state index is 14.7. The van der Waals surface area contributed by atoms with Gasteiger partial charge in [0, 0.05) is 11.6 Å². The molecule has 4 aliphatic carbocycles. The molecule has 0 unspecified atom stereocenters. The van der Waals surface area contributed by atoms with Gasteiger partial charge >= 0.3 is 5.97 Å². The van der Waals surface area contributed by atoms with Gasteiger partial charge in [-0.05, 0) is 73.6 Å². The first kappa shape index (κ1) is 24.8. The number of anilines is 1. The molecular weight excluding hydrogens is 470 g/mol. The van der Waals surface area contributed by atoms with Crippen molar-refractivity contribution in [3.05, 3.63) is 53.1 Å². The number of Topliss-reactive ketones (excluding diaryl/α,β-unsaturated/α-hetero) is 1. The van der Waals surface area contributed by atoms with Gasteiger partial charge in [0.05, 0.1) is 17.6 Å². The van der Waals surface area contributed by atoms with E-state index in [0.717, 1.165) is 12.0 Å². The zero-order chi connectivity index (χ0) is 26.7. The molecule has 2 bridgehead atoms. The number of hydrogen-bond acceptors (Lipinski definition) is 7. The SMILES string of the molecule is CC1=C[C@]23C(=O)[C@@H](C=C4COC(C)(C)O[C@H]4[C@]2(O)[C@H]1OC(=O)c1ccccc1N)[C@H]1[C@@H](C[C@H]3C)C1(C)C. The number of aliphatic hydroxyl groups is 1. The van der Waals surface area contributed by atoms with Gasteiger partial charge in [0.25, 0.3) is 0 Å². The summed E-state index contributed by atoms with van der Waals surface area (Å²) in [6.45, 7) is 12.2. The Kier molecular flexibility index (Phi) is 5.07. The van der Waals surface area contributed by atoms with Gasteiger partial charge in [0.15, 0.2) is 23.3 Å². The lowest BCUT2D eigenvalue weighted by Gasteiger charge is -2.52. The molecule has 8 atom stereocenters. The van der Waals surface area contributed by atoms with Crippen LogP contribution in [0.3, 0.4) is 0 Å². The molecule has 3 fully saturated rings. The Morgan fingerprint density at radius 1 is 1.19 bits per heavy atom. The van der Waals surface area contributed by atoms with Crippen molar-refractivity contribution in [3.8, 4) is 0 Å². The summed E-state index contributed by atoms with van der Waals surface area (Å²) in [5.74, 6) is -1.64. The van der Waals surface area contributed by atoms with Gasteiger partial charge in [-0.1, -0.05) is 45.1 Å². The molecule has 2 saturated carbocycles. The lowest BCUT2D eigenvalue weighted by Crippen LogP contribution is -2.68. The quantitative estimate of drug-likeness (QED) is 0.353. The Bertz CT molecular complexity index is 1260. The van der Waals surface area contributed by atoms with E-state index >= 15 is 0 Å². The van der Waals surface area contributed by atoms with E-state index in [1.54, 1.807) is 38.1 Å². The maximum atomic E-state index is 14.7. The lowest BCUT2D eigenvalue weighted by molar-refractivity contribution is -0.302. The number of carbonyl (C=O) groups is 2. The smallest absolute Gasteiger partial charge is 0.340 e. The number of allylic oxidation sites excluding steroid dienone is 1. The van der Waals surface area contributed by atoms with Crippen molar-refractivity contribution in [2.75, 3.05) is 12.3 Å². The highest BCUT2D eigenvalue weighted by Crippen LogP contribution is 2.72. The molecule has 0 radical (unpaired) electrons. The third kappa shape index (κ3) is 3.11. The van der Waals surface area contributed by atoms with E-state index in [9.17, 15) is 14.7 Å². The number of fused-ring (bicyclic) bond motifs is 5. The number of nitrogens with two attached hydrogens (primary N) is 1. The molecule has 3 N–H and O–H groups in total. The van der Waals surface area contributed by atoms with E-state index in [1.165, 1.54) is 0 Å². The van der Waals surface area contributed by atoms with Crippen LogP contribution in [0.15, 0.2) is 47.6 Å². The van der Waals surface area contributed by atoms with E-state index in [1.807, 2.05) is 19.1 Å². The van der Waals surface area contributed by atoms with Gasteiger partial charge in [-0.25, -0.2) is 4.79 Å². The largest absolute Gasteiger partial charge is 0.451 e. The van der Waals surface area contributed by atoms with Crippen molar-refractivity contribution in [2.24, 2.45) is 34.5 Å². The van der Waals surface area contributed by atoms with Gasteiger partial charge in [-0.15, -0.1) is 0 Å². The van der Waals surface area contributed by atoms with Gasteiger partial charge in [0.2, 0.25) is 0 Å². The van der Waals surface area contributed by atoms with Crippen LogP contribution >= 0.6 is 0 Å². The average molecular weight is 508 g/mol. The normalized spacial score (nSPS) is 42.7. The van der Waals surface area contributed by atoms with E-state index in [-0.39, 0.29) is 41.1 Å². The van der Waals surface area contributed by atoms with Crippen LogP contribution in [0.25, 0.3) is 0 Å². The third-order valence-corrected chi connectivity index (χ3v) is 10.1. The Morgan fingerprint density at radius 3 is 2.59 bits per heavy atom. The lowest BCUT2D eigenvalue weighted by atomic mass is 9.59. The fourth-order valence-corrected chi connectivity index (χ4v) is 8.15. The molecule has 5 aliphatic rings. The molecule has 0 aromatic heterocycles. The van der Waals surface area contributed by atoms with Crippen LogP contribution in [0, 0.1) is 34.5 Å². The summed E-state index contributed by atoms with van der Waals surface area (Å²) in [6, 6.07) is 6.69. The fraction of sp³-hybridized carbons (Fsp3) is 0.600. The first-order valence-electron chi connectivity index (χ1n) is 13.3. The number of carbonyl (C=O) groups excluding carboxylic acids is 2. The summed E-state index contributed by atoms with van der Waals surface area (Å²) in [6.07, 6.45) is 2.72. The Hall–Kier alpha value is -2.48. The molecule has 7 heteroatoms. The van der Waals surface area contributed by atoms with E-state index in [4.69, 9.17) is 19.9 Å². The Labute approximate surface area is 218 Å². The number of nitrogen functional groups attached to an aromatic ring is 1. The van der Waals surface area contributed by atoms with E-state index in [2.05, 4.69) is 20.8 Å². The number of para-hydroxylation sites is 1. The predicted octanol–water partition coefficient (Wildman–Crippen LogP) is 4.06. The van der Waals surface area contributed by atoms with E-state index < -0.39 is 35.0 Å². The predicted molar refractivity (Wildman–Crippen MR) is 137 cm³/mol. The first-order chi connectivity index (χ1) is 17.3. The Morgan fingerprint density at radius 2 is 1.89 bits per heavy atom. The fourth-order valence-electron chi connectivity index (χ4n) is 8.15. The summed E-state index contributed by atoms with van der Waals surface area (Å²) < 4.78 is 18.6. The number of esters is 1. The molecule has 37 heavy (non-hydrogen) atoms. The number of hydrogen-bond donors (Lipinski definition) is 2. The van der Waals surface area contributed by atoms with Crippen LogP contribution in [0.4, 0.5) is 5.69 Å². The van der Waals surface area contributed by atoms with Gasteiger partial charge in [0.1, 0.15) is 6.10 Å². The summed E-state index contributed by atoms with van der Waals surface area (Å²) in [5, 5.41) is 13.0. The molecule has 198 valence electrons. The molecule has 1 saturated heterocycles. The van der Waals surface area contributed by atoms with Crippen molar-refractivity contribution >= 4 is 17.4 Å². The van der Waals surface area contributed by atoms with Crippen LogP contribution in [0.5, 0.6) is 0 Å². The number of ether oxygens (including phenoxy) is 3. The van der Waals surface area contributed by atoms with Crippen molar-refractivity contribution in [2.45, 2.75) is 71.6 Å². The minimum atomic E-state index is -1.84. The van der Waals surface area contributed by atoms with Crippen LogP contribution in [-0.2, 0) is 19.0 Å². The standard InChI is InChI=1S/C30H37NO6/c1-15-13-29-16(2)11-20-22(27(20,3)4)19(23(29)32)12-17-14-35-28(5,6)37-25(17)30(29,34)24(15)36-26(33)18-9-7-8-10-21(18)31/h7-10,12-13,16,19-20,22,24-25,34H,11,14,31H2,1-6H3/t16-,19+,20-,22+,24+,25-,29+,30-/m1/s1. The summed E-state index contributed by atoms with van der Waals surface area (Å²) in [4.78, 5) is 28.1. The molecule has 1 aliphatic heterocycles. The van der Waals surface area contributed by atoms with Gasteiger partial charge < -0.3 is 25.1 Å². The van der Waals surface area contributed by atoms with Crippen LogP contribution < -0.4 is 5.73 Å². The molecule has 0 amide bonds. The second-order valence-electron chi connectivity index (χ2n) is 12.9. The molecule has 1 heterocycles. The first-order valence-corrected chi connectivity index (χ1v) is 13.3. The zero-order valence-corrected chi connectivity index (χ0v) is 22.4. The Balaban J connectivity index is 1.52. The van der Waals surface area contributed by atoms with Crippen molar-refractivity contribution < 1.29 is 28.9 Å². The highest BCUT2D eigenvalue weighted by atomic mass is 16.7.